The number of rotatable bonds is 7. The second kappa shape index (κ2) is 12.3. The number of nitrogens with zero attached hydrogens (tertiary/aromatic N) is 3. The number of hydrogen-bond acceptors (Lipinski definition) is 5. The van der Waals surface area contributed by atoms with Gasteiger partial charge in [-0.25, -0.2) is 9.59 Å². The van der Waals surface area contributed by atoms with Gasteiger partial charge in [0.2, 0.25) is 0 Å². The Labute approximate surface area is 225 Å². The number of hydrogen-bond donors (Lipinski definition) is 1. The molecule has 2 aromatic rings. The molecule has 4 rings (SSSR count). The number of benzene rings is 2. The van der Waals surface area contributed by atoms with E-state index in [-0.39, 0.29) is 18.5 Å². The van der Waals surface area contributed by atoms with Crippen LogP contribution in [-0.4, -0.2) is 78.5 Å². The molecule has 0 radical (unpaired) electrons. The fourth-order valence-electron chi connectivity index (χ4n) is 5.18. The predicted octanol–water partition coefficient (Wildman–Crippen LogP) is 4.05. The first kappa shape index (κ1) is 27.4. The van der Waals surface area contributed by atoms with Crippen molar-refractivity contribution >= 4 is 17.9 Å². The minimum absolute atomic E-state index is 0.0324. The summed E-state index contributed by atoms with van der Waals surface area (Å²) in [5.74, 6) is -0.386. The second-order valence-corrected chi connectivity index (χ2v) is 9.91. The van der Waals surface area contributed by atoms with Crippen LogP contribution in [0.15, 0.2) is 59.8 Å². The second-order valence-electron chi connectivity index (χ2n) is 9.91. The Kier molecular flexibility index (Phi) is 8.84. The zero-order valence-corrected chi connectivity index (χ0v) is 22.8. The first-order valence-corrected chi connectivity index (χ1v) is 13.4. The van der Waals surface area contributed by atoms with Crippen LogP contribution in [0.2, 0.25) is 0 Å². The maximum absolute atomic E-state index is 13.3. The molecule has 202 valence electrons. The molecule has 8 nitrogen and oxygen atoms in total. The summed E-state index contributed by atoms with van der Waals surface area (Å²) >= 11 is 0. The van der Waals surface area contributed by atoms with Crippen LogP contribution < -0.4 is 5.32 Å². The van der Waals surface area contributed by atoms with Crippen LogP contribution in [-0.2, 0) is 9.53 Å². The molecule has 2 aromatic carbocycles. The van der Waals surface area contributed by atoms with Crippen LogP contribution in [0.1, 0.15) is 53.4 Å². The predicted molar refractivity (Wildman–Crippen MR) is 147 cm³/mol. The Hall–Kier alpha value is -3.65. The van der Waals surface area contributed by atoms with Crippen molar-refractivity contribution in [2.45, 2.75) is 40.2 Å². The highest BCUT2D eigenvalue weighted by molar-refractivity contribution is 5.95. The maximum Gasteiger partial charge on any atom is 0.338 e. The van der Waals surface area contributed by atoms with Crippen molar-refractivity contribution < 1.29 is 19.1 Å². The highest BCUT2D eigenvalue weighted by Crippen LogP contribution is 2.32. The molecule has 1 fully saturated rings. The van der Waals surface area contributed by atoms with Gasteiger partial charge in [-0.1, -0.05) is 47.5 Å². The topological polar surface area (TPSA) is 82.2 Å². The van der Waals surface area contributed by atoms with Crippen LogP contribution in [0.4, 0.5) is 4.79 Å². The lowest BCUT2D eigenvalue weighted by molar-refractivity contribution is -0.139. The molecule has 2 aliphatic heterocycles. The van der Waals surface area contributed by atoms with Crippen molar-refractivity contribution in [2.75, 3.05) is 45.9 Å². The average Bonchev–Trinajstić information content (AvgIpc) is 3.14. The summed E-state index contributed by atoms with van der Waals surface area (Å²) in [4.78, 5) is 45.4. The number of aryl methyl sites for hydroxylation is 2. The van der Waals surface area contributed by atoms with Crippen molar-refractivity contribution in [1.29, 1.82) is 0 Å². The Morgan fingerprint density at radius 1 is 0.974 bits per heavy atom. The molecule has 0 bridgehead atoms. The summed E-state index contributed by atoms with van der Waals surface area (Å²) in [7, 11) is 0. The molecular weight excluding hydrogens is 480 g/mol. The molecule has 38 heavy (non-hydrogen) atoms. The van der Waals surface area contributed by atoms with Crippen molar-refractivity contribution in [1.82, 2.24) is 20.0 Å². The van der Waals surface area contributed by atoms with Gasteiger partial charge in [0, 0.05) is 50.5 Å². The van der Waals surface area contributed by atoms with Crippen LogP contribution in [0, 0.1) is 13.8 Å². The zero-order valence-electron chi connectivity index (χ0n) is 22.8. The van der Waals surface area contributed by atoms with Gasteiger partial charge in [-0.2, -0.15) is 0 Å². The summed E-state index contributed by atoms with van der Waals surface area (Å²) in [6.07, 6.45) is 0.805. The highest BCUT2D eigenvalue weighted by atomic mass is 16.5. The third kappa shape index (κ3) is 6.07. The molecule has 1 atom stereocenters. The van der Waals surface area contributed by atoms with E-state index in [0.29, 0.717) is 49.6 Å². The van der Waals surface area contributed by atoms with E-state index in [2.05, 4.69) is 10.2 Å². The highest BCUT2D eigenvalue weighted by Gasteiger charge is 2.38. The fraction of sp³-hybridized carbons (Fsp3) is 0.433. The maximum atomic E-state index is 13.3. The first-order valence-electron chi connectivity index (χ1n) is 13.4. The van der Waals surface area contributed by atoms with Crippen molar-refractivity contribution in [3.05, 3.63) is 82.1 Å². The van der Waals surface area contributed by atoms with Gasteiger partial charge in [-0.05, 0) is 51.8 Å². The Bertz CT molecular complexity index is 1210. The van der Waals surface area contributed by atoms with Gasteiger partial charge in [0.25, 0.3) is 5.91 Å². The van der Waals surface area contributed by atoms with E-state index >= 15 is 0 Å². The number of nitrogens with one attached hydrogen (secondary N) is 1. The number of amides is 3. The number of carbonyl (C=O) groups excluding carboxylic acids is 3. The molecule has 0 aliphatic carbocycles. The lowest BCUT2D eigenvalue weighted by Gasteiger charge is -2.38. The SMILES string of the molecule is CCOC(=O)C1=C(CN2CCCN(C(=O)c3ccc(C)cc3)CC2)N(CC)C(=O)NC1c1cccc(C)c1. The standard InChI is InChI=1S/C30H38N4O4/c1-5-34-25(20-32-15-8-16-33(18-17-32)28(35)23-13-11-21(3)12-14-23)26(29(36)38-6-2)27(31-30(34)37)24-10-7-9-22(4)19-24/h7,9-14,19,27H,5-6,8,15-18,20H2,1-4H3,(H,31,37). The Balaban J connectivity index is 1.62. The fourth-order valence-corrected chi connectivity index (χ4v) is 5.18. The van der Waals surface area contributed by atoms with E-state index in [9.17, 15) is 14.4 Å². The Morgan fingerprint density at radius 2 is 1.74 bits per heavy atom. The molecular formula is C30H38N4O4. The molecule has 8 heteroatoms. The van der Waals surface area contributed by atoms with Crippen LogP contribution in [0.3, 0.4) is 0 Å². The number of esters is 1. The number of urea groups is 1. The van der Waals surface area contributed by atoms with Crippen molar-refractivity contribution in [3.8, 4) is 0 Å². The summed E-state index contributed by atoms with van der Waals surface area (Å²) < 4.78 is 5.50. The molecule has 0 aromatic heterocycles. The summed E-state index contributed by atoms with van der Waals surface area (Å²) in [6.45, 7) is 11.4. The van der Waals surface area contributed by atoms with E-state index < -0.39 is 12.0 Å². The smallest absolute Gasteiger partial charge is 0.338 e. The van der Waals surface area contributed by atoms with Crippen molar-refractivity contribution in [3.63, 3.8) is 0 Å². The molecule has 3 amide bonds. The molecule has 2 heterocycles. The minimum atomic E-state index is -0.592. The van der Waals surface area contributed by atoms with E-state index in [1.807, 2.05) is 74.2 Å². The molecule has 1 saturated heterocycles. The van der Waals surface area contributed by atoms with E-state index in [1.165, 1.54) is 0 Å². The van der Waals surface area contributed by atoms with E-state index in [1.54, 1.807) is 11.8 Å². The van der Waals surface area contributed by atoms with Gasteiger partial charge in [-0.15, -0.1) is 0 Å². The van der Waals surface area contributed by atoms with Gasteiger partial charge in [0.1, 0.15) is 0 Å². The quantitative estimate of drug-likeness (QED) is 0.559. The molecule has 1 N–H and O–H groups in total. The minimum Gasteiger partial charge on any atom is -0.463 e. The van der Waals surface area contributed by atoms with Gasteiger partial charge in [0.15, 0.2) is 0 Å². The van der Waals surface area contributed by atoms with E-state index in [0.717, 1.165) is 29.7 Å². The van der Waals surface area contributed by atoms with Gasteiger partial charge >= 0.3 is 12.0 Å². The monoisotopic (exact) mass is 518 g/mol. The average molecular weight is 519 g/mol. The van der Waals surface area contributed by atoms with Gasteiger partial charge in [0.05, 0.1) is 18.2 Å². The third-order valence-electron chi connectivity index (χ3n) is 7.17. The lowest BCUT2D eigenvalue weighted by Crippen LogP contribution is -2.51. The molecule has 1 unspecified atom stereocenters. The summed E-state index contributed by atoms with van der Waals surface area (Å²) in [6, 6.07) is 14.7. The van der Waals surface area contributed by atoms with Gasteiger partial charge in [-0.3, -0.25) is 14.6 Å². The number of ether oxygens (including phenoxy) is 1. The normalized spacial score (nSPS) is 18.7. The number of likely N-dealkylation sites (N-methyl/N-ethyl adjacent to an activating group) is 1. The zero-order chi connectivity index (χ0) is 27.2. The van der Waals surface area contributed by atoms with E-state index in [4.69, 9.17) is 4.74 Å². The molecule has 0 spiro atoms. The van der Waals surface area contributed by atoms with Crippen LogP contribution in [0.5, 0.6) is 0 Å². The lowest BCUT2D eigenvalue weighted by atomic mass is 9.93. The summed E-state index contributed by atoms with van der Waals surface area (Å²) in [5.41, 5.74) is 4.84. The van der Waals surface area contributed by atoms with Crippen LogP contribution >= 0.6 is 0 Å². The summed E-state index contributed by atoms with van der Waals surface area (Å²) in [5, 5.41) is 3.03. The largest absolute Gasteiger partial charge is 0.463 e. The molecule has 0 saturated carbocycles. The van der Waals surface area contributed by atoms with Crippen LogP contribution in [0.25, 0.3) is 0 Å². The van der Waals surface area contributed by atoms with Crippen molar-refractivity contribution in [2.24, 2.45) is 0 Å². The Morgan fingerprint density at radius 3 is 2.42 bits per heavy atom. The first-order chi connectivity index (χ1) is 18.3. The molecule has 2 aliphatic rings. The van der Waals surface area contributed by atoms with Gasteiger partial charge < -0.3 is 15.0 Å². The number of carbonyl (C=O) groups is 3. The third-order valence-corrected chi connectivity index (χ3v) is 7.17.